The number of benzene rings is 1. The Balaban J connectivity index is 1.77. The van der Waals surface area contributed by atoms with Gasteiger partial charge in [0.25, 0.3) is 5.91 Å². The number of hydrogen-bond donors (Lipinski definition) is 1. The van der Waals surface area contributed by atoms with Gasteiger partial charge in [0.05, 0.1) is 36.1 Å². The first kappa shape index (κ1) is 17.4. The number of nitrogens with zero attached hydrogens (tertiary/aromatic N) is 5. The van der Waals surface area contributed by atoms with Crippen molar-refractivity contribution in [1.29, 1.82) is 5.26 Å². The lowest BCUT2D eigenvalue weighted by Gasteiger charge is -2.09. The van der Waals surface area contributed by atoms with Crippen LogP contribution in [0.3, 0.4) is 0 Å². The Morgan fingerprint density at radius 2 is 1.81 bits per heavy atom. The highest BCUT2D eigenvalue weighted by molar-refractivity contribution is 6.03. The standard InChI is InChI=1S/C19H20N6O/c1-13-11-15(3)25(23-13)17-7-5-16(6-8-17)19(26)21-18-12-14(2)22-24(18)10-4-9-20/h5-8,11-12H,4,10H2,1-3H3,(H,21,26). The predicted octanol–water partition coefficient (Wildman–Crippen LogP) is 3.16. The van der Waals surface area contributed by atoms with Crippen LogP contribution in [-0.4, -0.2) is 25.5 Å². The van der Waals surface area contributed by atoms with Gasteiger partial charge in [0.2, 0.25) is 0 Å². The zero-order chi connectivity index (χ0) is 18.7. The molecule has 0 saturated heterocycles. The molecule has 3 rings (SSSR count). The lowest BCUT2D eigenvalue weighted by atomic mass is 10.2. The van der Waals surface area contributed by atoms with Crippen molar-refractivity contribution in [2.45, 2.75) is 33.7 Å². The summed E-state index contributed by atoms with van der Waals surface area (Å²) in [6.07, 6.45) is 0.335. The second-order valence-electron chi connectivity index (χ2n) is 6.14. The van der Waals surface area contributed by atoms with Gasteiger partial charge in [-0.1, -0.05) is 0 Å². The van der Waals surface area contributed by atoms with E-state index in [9.17, 15) is 4.79 Å². The Labute approximate surface area is 151 Å². The number of anilines is 1. The molecule has 0 saturated carbocycles. The number of nitriles is 1. The normalized spacial score (nSPS) is 10.5. The fraction of sp³-hybridized carbons (Fsp3) is 0.263. The summed E-state index contributed by atoms with van der Waals surface area (Å²) < 4.78 is 3.48. The zero-order valence-corrected chi connectivity index (χ0v) is 15.0. The summed E-state index contributed by atoms with van der Waals surface area (Å²) in [5.41, 5.74) is 4.23. The van der Waals surface area contributed by atoms with E-state index in [1.807, 2.05) is 43.7 Å². The third kappa shape index (κ3) is 3.64. The maximum absolute atomic E-state index is 12.5. The van der Waals surface area contributed by atoms with Crippen LogP contribution < -0.4 is 5.32 Å². The highest BCUT2D eigenvalue weighted by Crippen LogP contribution is 2.16. The van der Waals surface area contributed by atoms with E-state index in [-0.39, 0.29) is 5.91 Å². The van der Waals surface area contributed by atoms with Crippen LogP contribution in [0.2, 0.25) is 0 Å². The van der Waals surface area contributed by atoms with Crippen molar-refractivity contribution in [2.24, 2.45) is 0 Å². The summed E-state index contributed by atoms with van der Waals surface area (Å²) >= 11 is 0. The van der Waals surface area contributed by atoms with E-state index in [1.54, 1.807) is 22.9 Å². The molecule has 2 heterocycles. The van der Waals surface area contributed by atoms with Crippen molar-refractivity contribution in [3.63, 3.8) is 0 Å². The largest absolute Gasteiger partial charge is 0.307 e. The molecule has 132 valence electrons. The molecule has 0 spiro atoms. The number of hydrogen-bond acceptors (Lipinski definition) is 4. The minimum absolute atomic E-state index is 0.219. The first-order valence-electron chi connectivity index (χ1n) is 8.34. The number of aryl methyl sites for hydroxylation is 4. The topological polar surface area (TPSA) is 88.5 Å². The maximum Gasteiger partial charge on any atom is 0.256 e. The Kier molecular flexibility index (Phi) is 4.85. The molecule has 7 nitrogen and oxygen atoms in total. The smallest absolute Gasteiger partial charge is 0.256 e. The van der Waals surface area contributed by atoms with Gasteiger partial charge in [0, 0.05) is 17.3 Å². The first-order valence-corrected chi connectivity index (χ1v) is 8.34. The fourth-order valence-electron chi connectivity index (χ4n) is 2.81. The van der Waals surface area contributed by atoms with Crippen molar-refractivity contribution in [3.05, 3.63) is 59.0 Å². The minimum atomic E-state index is -0.219. The van der Waals surface area contributed by atoms with Crippen molar-refractivity contribution in [2.75, 3.05) is 5.32 Å². The molecule has 1 N–H and O–H groups in total. The van der Waals surface area contributed by atoms with Gasteiger partial charge in [0.15, 0.2) is 0 Å². The molecular formula is C19H20N6O. The number of amides is 1. The summed E-state index contributed by atoms with van der Waals surface area (Å²) in [5.74, 6) is 0.369. The summed E-state index contributed by atoms with van der Waals surface area (Å²) in [4.78, 5) is 12.5. The fourth-order valence-corrected chi connectivity index (χ4v) is 2.81. The molecule has 0 fully saturated rings. The highest BCUT2D eigenvalue weighted by Gasteiger charge is 2.12. The van der Waals surface area contributed by atoms with Crippen LogP contribution in [0.1, 0.15) is 33.9 Å². The van der Waals surface area contributed by atoms with Crippen LogP contribution >= 0.6 is 0 Å². The molecule has 0 aliphatic rings. The van der Waals surface area contributed by atoms with Crippen molar-refractivity contribution in [3.8, 4) is 11.8 Å². The van der Waals surface area contributed by atoms with Crippen LogP contribution in [0.4, 0.5) is 5.82 Å². The number of aromatic nitrogens is 4. The molecule has 0 unspecified atom stereocenters. The third-order valence-corrected chi connectivity index (χ3v) is 3.96. The molecule has 0 aliphatic carbocycles. The summed E-state index contributed by atoms with van der Waals surface area (Å²) in [6.45, 7) is 6.23. The maximum atomic E-state index is 12.5. The summed E-state index contributed by atoms with van der Waals surface area (Å²) in [6, 6.07) is 13.2. The molecular weight excluding hydrogens is 328 g/mol. The van der Waals surface area contributed by atoms with Crippen LogP contribution in [-0.2, 0) is 6.54 Å². The van der Waals surface area contributed by atoms with Gasteiger partial charge in [-0.3, -0.25) is 4.79 Å². The summed E-state index contributed by atoms with van der Waals surface area (Å²) in [7, 11) is 0. The Hall–Kier alpha value is -3.40. The Morgan fingerprint density at radius 3 is 2.42 bits per heavy atom. The van der Waals surface area contributed by atoms with E-state index >= 15 is 0 Å². The molecule has 0 radical (unpaired) electrons. The Bertz CT molecular complexity index is 975. The average Bonchev–Trinajstić information content (AvgIpc) is 3.14. The monoisotopic (exact) mass is 348 g/mol. The first-order chi connectivity index (χ1) is 12.5. The lowest BCUT2D eigenvalue weighted by molar-refractivity contribution is 0.102. The van der Waals surface area contributed by atoms with E-state index in [4.69, 9.17) is 5.26 Å². The number of nitrogens with one attached hydrogen (secondary N) is 1. The molecule has 0 atom stereocenters. The predicted molar refractivity (Wildman–Crippen MR) is 98.2 cm³/mol. The van der Waals surface area contributed by atoms with Crippen molar-refractivity contribution >= 4 is 11.7 Å². The summed E-state index contributed by atoms with van der Waals surface area (Å²) in [5, 5.41) is 20.3. The second-order valence-corrected chi connectivity index (χ2v) is 6.14. The van der Waals surface area contributed by atoms with Crippen LogP contribution in [0, 0.1) is 32.1 Å². The van der Waals surface area contributed by atoms with Gasteiger partial charge >= 0.3 is 0 Å². The van der Waals surface area contributed by atoms with E-state index < -0.39 is 0 Å². The van der Waals surface area contributed by atoms with E-state index in [0.717, 1.165) is 22.8 Å². The second kappa shape index (κ2) is 7.23. The SMILES string of the molecule is Cc1cc(NC(=O)c2ccc(-n3nc(C)cc3C)cc2)n(CCC#N)n1. The molecule has 1 aromatic carbocycles. The Morgan fingerprint density at radius 1 is 1.12 bits per heavy atom. The van der Waals surface area contributed by atoms with E-state index in [0.29, 0.717) is 24.3 Å². The van der Waals surface area contributed by atoms with Gasteiger partial charge in [-0.15, -0.1) is 0 Å². The van der Waals surface area contributed by atoms with Gasteiger partial charge in [-0.2, -0.15) is 15.5 Å². The molecule has 0 bridgehead atoms. The molecule has 3 aromatic rings. The molecule has 26 heavy (non-hydrogen) atoms. The van der Waals surface area contributed by atoms with Crippen molar-refractivity contribution in [1.82, 2.24) is 19.6 Å². The third-order valence-electron chi connectivity index (χ3n) is 3.96. The van der Waals surface area contributed by atoms with Gasteiger partial charge < -0.3 is 5.32 Å². The average molecular weight is 348 g/mol. The molecule has 2 aromatic heterocycles. The number of carbonyl (C=O) groups excluding carboxylic acids is 1. The van der Waals surface area contributed by atoms with Crippen molar-refractivity contribution < 1.29 is 4.79 Å². The highest BCUT2D eigenvalue weighted by atomic mass is 16.1. The van der Waals surface area contributed by atoms with Crippen LogP contribution in [0.25, 0.3) is 5.69 Å². The minimum Gasteiger partial charge on any atom is -0.307 e. The molecule has 1 amide bonds. The van der Waals surface area contributed by atoms with E-state index in [2.05, 4.69) is 21.6 Å². The quantitative estimate of drug-likeness (QED) is 0.767. The van der Waals surface area contributed by atoms with Crippen LogP contribution in [0.15, 0.2) is 36.4 Å². The van der Waals surface area contributed by atoms with E-state index in [1.165, 1.54) is 0 Å². The van der Waals surface area contributed by atoms with Gasteiger partial charge in [-0.25, -0.2) is 9.36 Å². The zero-order valence-electron chi connectivity index (χ0n) is 15.0. The number of carbonyl (C=O) groups is 1. The lowest BCUT2D eigenvalue weighted by Crippen LogP contribution is -2.16. The number of rotatable bonds is 5. The molecule has 7 heteroatoms. The van der Waals surface area contributed by atoms with Gasteiger partial charge in [-0.05, 0) is 51.1 Å². The van der Waals surface area contributed by atoms with Crippen LogP contribution in [0.5, 0.6) is 0 Å². The van der Waals surface area contributed by atoms with Gasteiger partial charge in [0.1, 0.15) is 5.82 Å². The molecule has 0 aliphatic heterocycles.